The van der Waals surface area contributed by atoms with Gasteiger partial charge in [0.15, 0.2) is 5.78 Å². The van der Waals surface area contributed by atoms with Gasteiger partial charge in [-0.15, -0.1) is 0 Å². The van der Waals surface area contributed by atoms with Gasteiger partial charge in [-0.1, -0.05) is 12.1 Å². The van der Waals surface area contributed by atoms with Gasteiger partial charge in [-0.25, -0.2) is 4.39 Å². The number of carbonyl (C=O) groups excluding carboxylic acids is 4. The highest BCUT2D eigenvalue weighted by atomic mass is 19.4. The highest BCUT2D eigenvalue weighted by Gasteiger charge is 2.53. The number of rotatable bonds is 6. The Labute approximate surface area is 263 Å². The van der Waals surface area contributed by atoms with Crippen molar-refractivity contribution in [3.8, 4) is 0 Å². The zero-order valence-electron chi connectivity index (χ0n) is 24.0. The molecule has 1 atom stereocenters. The van der Waals surface area contributed by atoms with Gasteiger partial charge >= 0.3 is 18.5 Å². The topological polar surface area (TPSA) is 95.6 Å². The molecule has 0 unspecified atom stereocenters. The Balaban J connectivity index is 1.44. The normalized spacial score (nSPS) is 17.8. The summed E-state index contributed by atoms with van der Waals surface area (Å²) in [6.45, 7) is -0.894. The van der Waals surface area contributed by atoms with Crippen LogP contribution in [0.25, 0.3) is 0 Å². The Morgan fingerprint density at radius 3 is 1.98 bits per heavy atom. The lowest BCUT2D eigenvalue weighted by Crippen LogP contribution is -2.55. The molecule has 0 radical (unpaired) electrons. The third kappa shape index (κ3) is 6.99. The average Bonchev–Trinajstić information content (AvgIpc) is 3.78. The molecule has 3 aromatic carbocycles. The van der Waals surface area contributed by atoms with E-state index in [2.05, 4.69) is 10.6 Å². The van der Waals surface area contributed by atoms with Gasteiger partial charge in [0.05, 0.1) is 34.5 Å². The molecule has 1 heterocycles. The number of amides is 3. The van der Waals surface area contributed by atoms with Crippen LogP contribution in [-0.4, -0.2) is 35.1 Å². The van der Waals surface area contributed by atoms with Crippen LogP contribution in [0.15, 0.2) is 60.7 Å². The third-order valence-electron chi connectivity index (χ3n) is 7.81. The zero-order chi connectivity index (χ0) is 35.4. The van der Waals surface area contributed by atoms with Crippen LogP contribution < -0.4 is 15.5 Å². The van der Waals surface area contributed by atoms with Crippen molar-refractivity contribution in [2.45, 2.75) is 55.9 Å². The standard InChI is InChI=1S/C31H21F10N3O4/c32-18-5-6-19(21(12-18)31(39,40)41)25(46)43-28(7-8-28)27(48)42-22-13-24(45)20-3-1-2-4-23(20)44(26(22)47)14-15-9-16(29(33,34)35)11-17(10-15)30(36,37)38/h1-6,9-12,22H,7-8,13-14H2,(H,42,48)(H,43,46)/t22-/m1/s1. The number of fused-ring (bicyclic) bond motifs is 1. The lowest BCUT2D eigenvalue weighted by molar-refractivity contribution is -0.143. The molecule has 2 aliphatic rings. The molecule has 0 saturated heterocycles. The Morgan fingerprint density at radius 2 is 1.42 bits per heavy atom. The lowest BCUT2D eigenvalue weighted by atomic mass is 10.0. The van der Waals surface area contributed by atoms with E-state index in [1.165, 1.54) is 24.3 Å². The third-order valence-corrected chi connectivity index (χ3v) is 7.81. The van der Waals surface area contributed by atoms with Crippen LogP contribution in [0.3, 0.4) is 0 Å². The predicted octanol–water partition coefficient (Wildman–Crippen LogP) is 6.45. The fourth-order valence-corrected chi connectivity index (χ4v) is 5.27. The van der Waals surface area contributed by atoms with Gasteiger partial charge in [0, 0.05) is 12.0 Å². The van der Waals surface area contributed by atoms with E-state index in [4.69, 9.17) is 0 Å². The summed E-state index contributed by atoms with van der Waals surface area (Å²) >= 11 is 0. The molecule has 1 aliphatic carbocycles. The number of Topliss-reactive ketones (excluding diaryl/α,β-unsaturated/α-hetero) is 1. The molecule has 0 spiro atoms. The first-order chi connectivity index (χ1) is 22.2. The number of alkyl halides is 9. The van der Waals surface area contributed by atoms with Crippen molar-refractivity contribution >= 4 is 29.2 Å². The van der Waals surface area contributed by atoms with Gasteiger partial charge in [-0.2, -0.15) is 39.5 Å². The summed E-state index contributed by atoms with van der Waals surface area (Å²) in [5.74, 6) is -5.60. The van der Waals surface area contributed by atoms with Gasteiger partial charge < -0.3 is 15.5 Å². The number of benzene rings is 3. The van der Waals surface area contributed by atoms with Crippen LogP contribution in [0, 0.1) is 5.82 Å². The predicted molar refractivity (Wildman–Crippen MR) is 146 cm³/mol. The smallest absolute Gasteiger partial charge is 0.342 e. The van der Waals surface area contributed by atoms with Crippen LogP contribution in [0.4, 0.5) is 49.6 Å². The Bertz CT molecular complexity index is 1780. The molecule has 5 rings (SSSR count). The number of hydrogen-bond acceptors (Lipinski definition) is 4. The SMILES string of the molecule is O=C1C[C@@H](NC(=O)C2(NC(=O)c3ccc(F)cc3C(F)(F)F)CC2)C(=O)N(Cc2cc(C(F)(F)F)cc(C(F)(F)F)c2)c2ccccc21. The molecule has 2 N–H and O–H groups in total. The van der Waals surface area contributed by atoms with E-state index >= 15 is 0 Å². The van der Waals surface area contributed by atoms with Crippen LogP contribution in [0.2, 0.25) is 0 Å². The van der Waals surface area contributed by atoms with Crippen molar-refractivity contribution in [2.75, 3.05) is 4.90 Å². The molecule has 254 valence electrons. The van der Waals surface area contributed by atoms with Crippen molar-refractivity contribution in [3.63, 3.8) is 0 Å². The minimum absolute atomic E-state index is 0.0959. The van der Waals surface area contributed by atoms with E-state index in [1.54, 1.807) is 0 Å². The van der Waals surface area contributed by atoms with Crippen molar-refractivity contribution in [3.05, 3.63) is 99.9 Å². The minimum atomic E-state index is -5.19. The van der Waals surface area contributed by atoms with Gasteiger partial charge in [0.25, 0.3) is 5.91 Å². The molecule has 7 nitrogen and oxygen atoms in total. The van der Waals surface area contributed by atoms with Gasteiger partial charge in [-0.3, -0.25) is 19.2 Å². The number of halogens is 10. The molecule has 1 saturated carbocycles. The first-order valence-corrected chi connectivity index (χ1v) is 13.9. The molecule has 3 amide bonds. The second kappa shape index (κ2) is 11.9. The van der Waals surface area contributed by atoms with Gasteiger partial charge in [0.1, 0.15) is 17.4 Å². The fraction of sp³-hybridized carbons (Fsp3) is 0.290. The fourth-order valence-electron chi connectivity index (χ4n) is 5.27. The molecular weight excluding hydrogens is 668 g/mol. The molecule has 3 aromatic rings. The van der Waals surface area contributed by atoms with E-state index in [9.17, 15) is 63.1 Å². The second-order valence-electron chi connectivity index (χ2n) is 11.2. The van der Waals surface area contributed by atoms with Gasteiger partial charge in [0.2, 0.25) is 11.8 Å². The van der Waals surface area contributed by atoms with Crippen molar-refractivity contribution in [1.29, 1.82) is 0 Å². The maximum absolute atomic E-state index is 13.8. The Hall–Kier alpha value is -4.96. The second-order valence-corrected chi connectivity index (χ2v) is 11.2. The van der Waals surface area contributed by atoms with Crippen molar-refractivity contribution in [1.82, 2.24) is 10.6 Å². The Morgan fingerprint density at radius 1 is 0.812 bits per heavy atom. The molecule has 1 fully saturated rings. The van der Waals surface area contributed by atoms with Crippen LogP contribution in [0.5, 0.6) is 0 Å². The zero-order valence-corrected chi connectivity index (χ0v) is 24.0. The molecule has 0 aromatic heterocycles. The Kier molecular flexibility index (Phi) is 8.54. The summed E-state index contributed by atoms with van der Waals surface area (Å²) in [6.07, 6.45) is -16.5. The van der Waals surface area contributed by atoms with E-state index < -0.39 is 100 Å². The summed E-state index contributed by atoms with van der Waals surface area (Å²) in [6, 6.07) is 5.49. The van der Waals surface area contributed by atoms with Crippen molar-refractivity contribution in [2.24, 2.45) is 0 Å². The first-order valence-electron chi connectivity index (χ1n) is 13.9. The summed E-state index contributed by atoms with van der Waals surface area (Å²) in [4.78, 5) is 53.9. The van der Waals surface area contributed by atoms with Crippen LogP contribution >= 0.6 is 0 Å². The maximum atomic E-state index is 13.8. The van der Waals surface area contributed by atoms with E-state index in [-0.39, 0.29) is 36.2 Å². The summed E-state index contributed by atoms with van der Waals surface area (Å²) in [7, 11) is 0. The number of anilines is 1. The summed E-state index contributed by atoms with van der Waals surface area (Å²) in [5.41, 5.74) is -8.65. The monoisotopic (exact) mass is 689 g/mol. The number of nitrogens with one attached hydrogen (secondary N) is 2. The molecule has 17 heteroatoms. The number of carbonyl (C=O) groups is 4. The largest absolute Gasteiger partial charge is 0.417 e. The highest BCUT2D eigenvalue weighted by molar-refractivity contribution is 6.13. The number of nitrogens with zero attached hydrogens (tertiary/aromatic N) is 1. The van der Waals surface area contributed by atoms with E-state index in [1.807, 2.05) is 0 Å². The van der Waals surface area contributed by atoms with E-state index in [0.29, 0.717) is 24.3 Å². The van der Waals surface area contributed by atoms with Crippen molar-refractivity contribution < 1.29 is 63.1 Å². The van der Waals surface area contributed by atoms with Crippen LogP contribution in [0.1, 0.15) is 62.2 Å². The highest BCUT2D eigenvalue weighted by Crippen LogP contribution is 2.40. The number of ketones is 1. The van der Waals surface area contributed by atoms with Crippen LogP contribution in [-0.2, 0) is 34.7 Å². The molecule has 1 aliphatic heterocycles. The average molecular weight is 690 g/mol. The maximum Gasteiger partial charge on any atom is 0.417 e. The molecular formula is C31H21F10N3O4. The quantitative estimate of drug-likeness (QED) is 0.291. The molecule has 48 heavy (non-hydrogen) atoms. The lowest BCUT2D eigenvalue weighted by Gasteiger charge is -2.28. The minimum Gasteiger partial charge on any atom is -0.342 e. The van der Waals surface area contributed by atoms with E-state index in [0.717, 1.165) is 4.90 Å². The number of para-hydroxylation sites is 1. The van der Waals surface area contributed by atoms with Gasteiger partial charge in [-0.05, 0) is 66.9 Å². The molecule has 0 bridgehead atoms. The summed E-state index contributed by atoms with van der Waals surface area (Å²) in [5, 5.41) is 4.43. The first kappa shape index (κ1) is 34.4. The summed E-state index contributed by atoms with van der Waals surface area (Å²) < 4.78 is 135. The number of hydrogen-bond donors (Lipinski definition) is 2.